The smallest absolute Gasteiger partial charge is 0.264 e. The van der Waals surface area contributed by atoms with Crippen molar-refractivity contribution in [3.8, 4) is 0 Å². The van der Waals surface area contributed by atoms with Crippen molar-refractivity contribution < 1.29 is 13.2 Å². The first-order valence-corrected chi connectivity index (χ1v) is 9.74. The first-order valence-electron chi connectivity index (χ1n) is 8.30. The third-order valence-electron chi connectivity index (χ3n) is 3.94. The van der Waals surface area contributed by atoms with Gasteiger partial charge in [-0.15, -0.1) is 0 Å². The van der Waals surface area contributed by atoms with Gasteiger partial charge < -0.3 is 5.32 Å². The van der Waals surface area contributed by atoms with Crippen molar-refractivity contribution in [2.45, 2.75) is 31.6 Å². The third kappa shape index (κ3) is 4.60. The van der Waals surface area contributed by atoms with Crippen molar-refractivity contribution in [3.63, 3.8) is 0 Å². The van der Waals surface area contributed by atoms with Crippen LogP contribution in [0.1, 0.15) is 35.7 Å². The standard InChI is InChI=1S/C19H24N2O3S/c1-4-5-12-20-19(22)16-9-7-11-18(14-16)25(23,24)21(3)17-10-6-8-15(2)13-17/h6-11,13-14H,4-5,12H2,1-3H3,(H,20,22). The molecule has 0 radical (unpaired) electrons. The number of benzene rings is 2. The molecule has 0 unspecified atom stereocenters. The summed E-state index contributed by atoms with van der Waals surface area (Å²) in [5.74, 6) is -0.260. The molecular weight excluding hydrogens is 336 g/mol. The van der Waals surface area contributed by atoms with E-state index in [-0.39, 0.29) is 10.8 Å². The lowest BCUT2D eigenvalue weighted by Gasteiger charge is -2.20. The topological polar surface area (TPSA) is 66.5 Å². The molecule has 0 heterocycles. The van der Waals surface area contributed by atoms with E-state index in [4.69, 9.17) is 0 Å². The maximum absolute atomic E-state index is 12.9. The van der Waals surface area contributed by atoms with Gasteiger partial charge in [-0.1, -0.05) is 31.5 Å². The number of nitrogens with one attached hydrogen (secondary N) is 1. The minimum absolute atomic E-state index is 0.0969. The lowest BCUT2D eigenvalue weighted by atomic mass is 10.2. The molecule has 1 N–H and O–H groups in total. The van der Waals surface area contributed by atoms with Crippen LogP contribution in [0.3, 0.4) is 0 Å². The van der Waals surface area contributed by atoms with Gasteiger partial charge in [0.25, 0.3) is 15.9 Å². The SMILES string of the molecule is CCCCNC(=O)c1cccc(S(=O)(=O)N(C)c2cccc(C)c2)c1. The second-order valence-electron chi connectivity index (χ2n) is 5.95. The van der Waals surface area contributed by atoms with Crippen LogP contribution in [0.25, 0.3) is 0 Å². The van der Waals surface area contributed by atoms with Crippen LogP contribution in [-0.4, -0.2) is 27.9 Å². The predicted octanol–water partition coefficient (Wildman–Crippen LogP) is 3.35. The van der Waals surface area contributed by atoms with Gasteiger partial charge in [0, 0.05) is 19.2 Å². The monoisotopic (exact) mass is 360 g/mol. The molecule has 134 valence electrons. The van der Waals surface area contributed by atoms with Crippen LogP contribution in [0.2, 0.25) is 0 Å². The van der Waals surface area contributed by atoms with Gasteiger partial charge in [0.05, 0.1) is 10.6 Å². The number of amides is 1. The highest BCUT2D eigenvalue weighted by Gasteiger charge is 2.22. The lowest BCUT2D eigenvalue weighted by Crippen LogP contribution is -2.28. The Kier molecular flexibility index (Phi) is 6.20. The summed E-state index contributed by atoms with van der Waals surface area (Å²) in [6.45, 7) is 4.53. The number of unbranched alkanes of at least 4 members (excludes halogenated alkanes) is 1. The molecule has 0 aliphatic heterocycles. The van der Waals surface area contributed by atoms with Crippen molar-refractivity contribution in [3.05, 3.63) is 59.7 Å². The fourth-order valence-corrected chi connectivity index (χ4v) is 3.63. The number of carbonyl (C=O) groups excluding carboxylic acids is 1. The molecule has 0 aromatic heterocycles. The normalized spacial score (nSPS) is 11.2. The molecule has 0 saturated heterocycles. The minimum Gasteiger partial charge on any atom is -0.352 e. The van der Waals surface area contributed by atoms with E-state index in [1.807, 2.05) is 26.0 Å². The lowest BCUT2D eigenvalue weighted by molar-refractivity contribution is 0.0953. The van der Waals surface area contributed by atoms with Crippen LogP contribution in [0, 0.1) is 6.92 Å². The fourth-order valence-electron chi connectivity index (χ4n) is 2.40. The average molecular weight is 360 g/mol. The van der Waals surface area contributed by atoms with E-state index in [1.54, 1.807) is 24.3 Å². The second-order valence-corrected chi connectivity index (χ2v) is 7.92. The summed E-state index contributed by atoms with van der Waals surface area (Å²) in [7, 11) is -2.22. The van der Waals surface area contributed by atoms with Crippen LogP contribution in [0.4, 0.5) is 5.69 Å². The molecular formula is C19H24N2O3S. The van der Waals surface area contributed by atoms with Crippen LogP contribution in [0.15, 0.2) is 53.4 Å². The Hall–Kier alpha value is -2.34. The maximum Gasteiger partial charge on any atom is 0.264 e. The minimum atomic E-state index is -3.74. The molecule has 0 aliphatic rings. The highest BCUT2D eigenvalue weighted by molar-refractivity contribution is 7.92. The van der Waals surface area contributed by atoms with Gasteiger partial charge in [-0.3, -0.25) is 9.10 Å². The number of anilines is 1. The van der Waals surface area contributed by atoms with E-state index in [2.05, 4.69) is 5.32 Å². The zero-order valence-electron chi connectivity index (χ0n) is 14.8. The Morgan fingerprint density at radius 1 is 1.12 bits per heavy atom. The zero-order valence-corrected chi connectivity index (χ0v) is 15.6. The molecule has 2 aromatic carbocycles. The quantitative estimate of drug-likeness (QED) is 0.770. The number of carbonyl (C=O) groups is 1. The van der Waals surface area contributed by atoms with Crippen LogP contribution in [0.5, 0.6) is 0 Å². The van der Waals surface area contributed by atoms with Gasteiger partial charge in [-0.05, 0) is 49.2 Å². The highest BCUT2D eigenvalue weighted by atomic mass is 32.2. The van der Waals surface area contributed by atoms with Crippen molar-refractivity contribution in [2.75, 3.05) is 17.9 Å². The molecule has 2 rings (SSSR count). The van der Waals surface area contributed by atoms with Gasteiger partial charge in [0.2, 0.25) is 0 Å². The largest absolute Gasteiger partial charge is 0.352 e. The van der Waals surface area contributed by atoms with Crippen LogP contribution in [-0.2, 0) is 10.0 Å². The van der Waals surface area contributed by atoms with E-state index < -0.39 is 10.0 Å². The molecule has 25 heavy (non-hydrogen) atoms. The summed E-state index contributed by atoms with van der Waals surface area (Å²) in [6, 6.07) is 13.4. The summed E-state index contributed by atoms with van der Waals surface area (Å²) in [6.07, 6.45) is 1.87. The first kappa shape index (κ1) is 19.0. The van der Waals surface area contributed by atoms with E-state index in [1.165, 1.54) is 23.5 Å². The van der Waals surface area contributed by atoms with Crippen molar-refractivity contribution in [2.24, 2.45) is 0 Å². The Balaban J connectivity index is 2.27. The number of nitrogens with zero attached hydrogens (tertiary/aromatic N) is 1. The number of sulfonamides is 1. The van der Waals surface area contributed by atoms with Crippen LogP contribution >= 0.6 is 0 Å². The highest BCUT2D eigenvalue weighted by Crippen LogP contribution is 2.23. The van der Waals surface area contributed by atoms with E-state index >= 15 is 0 Å². The van der Waals surface area contributed by atoms with Gasteiger partial charge in [0.1, 0.15) is 0 Å². The molecule has 0 atom stereocenters. The second kappa shape index (κ2) is 8.16. The summed E-state index contributed by atoms with van der Waals surface area (Å²) in [5.41, 5.74) is 1.90. The predicted molar refractivity (Wildman–Crippen MR) is 100 cm³/mol. The Morgan fingerprint density at radius 3 is 2.52 bits per heavy atom. The summed E-state index contributed by atoms with van der Waals surface area (Å²) in [4.78, 5) is 12.3. The Morgan fingerprint density at radius 2 is 1.84 bits per heavy atom. The Bertz CT molecular complexity index is 847. The zero-order chi connectivity index (χ0) is 18.4. The number of hydrogen-bond donors (Lipinski definition) is 1. The third-order valence-corrected chi connectivity index (χ3v) is 5.72. The van der Waals surface area contributed by atoms with E-state index in [9.17, 15) is 13.2 Å². The first-order chi connectivity index (χ1) is 11.9. The molecule has 1 amide bonds. The van der Waals surface area contributed by atoms with Gasteiger partial charge in [0.15, 0.2) is 0 Å². The van der Waals surface area contributed by atoms with Crippen LogP contribution < -0.4 is 9.62 Å². The molecule has 0 aliphatic carbocycles. The molecule has 2 aromatic rings. The van der Waals surface area contributed by atoms with Gasteiger partial charge >= 0.3 is 0 Å². The van der Waals surface area contributed by atoms with Gasteiger partial charge in [-0.25, -0.2) is 8.42 Å². The molecule has 5 nitrogen and oxygen atoms in total. The van der Waals surface area contributed by atoms with Crippen molar-refractivity contribution >= 4 is 21.6 Å². The summed E-state index contributed by atoms with van der Waals surface area (Å²) >= 11 is 0. The summed E-state index contributed by atoms with van der Waals surface area (Å²) in [5, 5.41) is 2.80. The number of hydrogen-bond acceptors (Lipinski definition) is 3. The molecule has 0 bridgehead atoms. The molecule has 6 heteroatoms. The molecule has 0 spiro atoms. The Labute approximate surface area is 149 Å². The average Bonchev–Trinajstić information content (AvgIpc) is 2.61. The fraction of sp³-hybridized carbons (Fsp3) is 0.316. The van der Waals surface area contributed by atoms with Crippen molar-refractivity contribution in [1.29, 1.82) is 0 Å². The molecule has 0 saturated carbocycles. The maximum atomic E-state index is 12.9. The molecule has 0 fully saturated rings. The number of rotatable bonds is 7. The number of aryl methyl sites for hydroxylation is 1. The van der Waals surface area contributed by atoms with E-state index in [0.29, 0.717) is 17.8 Å². The summed E-state index contributed by atoms with van der Waals surface area (Å²) < 4.78 is 27.0. The van der Waals surface area contributed by atoms with E-state index in [0.717, 1.165) is 18.4 Å². The van der Waals surface area contributed by atoms with Gasteiger partial charge in [-0.2, -0.15) is 0 Å². The van der Waals surface area contributed by atoms with Crippen molar-refractivity contribution in [1.82, 2.24) is 5.32 Å².